The van der Waals surface area contributed by atoms with Crippen LogP contribution in [0, 0.1) is 5.92 Å². The van der Waals surface area contributed by atoms with Crippen molar-refractivity contribution in [1.29, 1.82) is 0 Å². The zero-order valence-electron chi connectivity index (χ0n) is 17.4. The molecule has 2 aliphatic rings. The number of anilines is 1. The van der Waals surface area contributed by atoms with E-state index < -0.39 is 10.0 Å². The molecule has 2 heterocycles. The average Bonchev–Trinajstić information content (AvgIpc) is 2.86. The molecule has 3 rings (SSSR count). The third kappa shape index (κ3) is 5.16. The smallest absolute Gasteiger partial charge is 0.243 e. The highest BCUT2D eigenvalue weighted by Crippen LogP contribution is 2.38. The highest BCUT2D eigenvalue weighted by Gasteiger charge is 2.32. The van der Waals surface area contributed by atoms with Crippen molar-refractivity contribution in [2.75, 3.05) is 50.0 Å². The van der Waals surface area contributed by atoms with E-state index >= 15 is 0 Å². The normalized spacial score (nSPS) is 20.5. The lowest BCUT2D eigenvalue weighted by molar-refractivity contribution is -0.125. The Morgan fingerprint density at radius 3 is 2.73 bits per heavy atom. The van der Waals surface area contributed by atoms with Gasteiger partial charge in [0, 0.05) is 36.2 Å². The van der Waals surface area contributed by atoms with Crippen LogP contribution in [0.5, 0.6) is 0 Å². The lowest BCUT2D eigenvalue weighted by Gasteiger charge is -2.27. The van der Waals surface area contributed by atoms with Gasteiger partial charge in [0.15, 0.2) is 0 Å². The third-order valence-electron chi connectivity index (χ3n) is 5.16. The molecule has 2 amide bonds. The molecule has 0 saturated carbocycles. The quantitative estimate of drug-likeness (QED) is 0.629. The number of benzene rings is 1. The van der Waals surface area contributed by atoms with E-state index in [9.17, 15) is 18.0 Å². The maximum Gasteiger partial charge on any atom is 0.243 e. The molecule has 0 aliphatic carbocycles. The van der Waals surface area contributed by atoms with Crippen LogP contribution < -0.4 is 10.2 Å². The van der Waals surface area contributed by atoms with Crippen LogP contribution in [0.15, 0.2) is 28.0 Å². The molecule has 0 aromatic heterocycles. The second-order valence-electron chi connectivity index (χ2n) is 7.49. The maximum absolute atomic E-state index is 13.1. The van der Waals surface area contributed by atoms with Gasteiger partial charge < -0.3 is 15.0 Å². The summed E-state index contributed by atoms with van der Waals surface area (Å²) in [7, 11) is -3.70. The molecule has 1 atom stereocenters. The van der Waals surface area contributed by atoms with Crippen LogP contribution >= 0.6 is 11.8 Å². The number of carbonyl (C=O) groups excluding carboxylic acids is 2. The van der Waals surface area contributed by atoms with Gasteiger partial charge in [-0.25, -0.2) is 8.42 Å². The summed E-state index contributed by atoms with van der Waals surface area (Å²) in [6.45, 7) is 5.62. The summed E-state index contributed by atoms with van der Waals surface area (Å²) >= 11 is 1.51. The van der Waals surface area contributed by atoms with E-state index in [1.54, 1.807) is 12.1 Å². The number of sulfonamides is 1. The number of nitrogens with zero attached hydrogens (tertiary/aromatic N) is 2. The summed E-state index contributed by atoms with van der Waals surface area (Å²) in [5, 5.41) is 2.83. The Bertz CT molecular complexity index is 884. The SMILES string of the molecule is CCCCNC(=O)CN1C(=O)[C@@H](C)CSc2ccc(S(=O)(=O)N3CCOCC3)cc21. The van der Waals surface area contributed by atoms with Gasteiger partial charge in [-0.1, -0.05) is 20.3 Å². The number of ether oxygens (including phenoxy) is 1. The van der Waals surface area contributed by atoms with Crippen molar-refractivity contribution < 1.29 is 22.7 Å². The lowest BCUT2D eigenvalue weighted by atomic mass is 10.1. The summed E-state index contributed by atoms with van der Waals surface area (Å²) in [5.41, 5.74) is 0.481. The summed E-state index contributed by atoms with van der Waals surface area (Å²) in [4.78, 5) is 27.8. The number of amides is 2. The summed E-state index contributed by atoms with van der Waals surface area (Å²) in [6, 6.07) is 4.85. The standard InChI is InChI=1S/C20H29N3O5S2/c1-3-4-7-21-19(24)13-23-17-12-16(30(26,27)22-8-10-28-11-9-22)5-6-18(17)29-14-15(2)20(23)25/h5-6,12,15H,3-4,7-11,13-14H2,1-2H3,(H,21,24)/t15-/m0/s1. The Hall–Kier alpha value is -1.62. The van der Waals surface area contributed by atoms with Crippen LogP contribution in [0.2, 0.25) is 0 Å². The highest BCUT2D eigenvalue weighted by atomic mass is 32.2. The number of rotatable bonds is 7. The molecule has 166 valence electrons. The number of thioether (sulfide) groups is 1. The van der Waals surface area contributed by atoms with E-state index in [0.717, 1.165) is 17.7 Å². The Morgan fingerprint density at radius 1 is 1.30 bits per heavy atom. The largest absolute Gasteiger partial charge is 0.379 e. The molecule has 1 saturated heterocycles. The first kappa shape index (κ1) is 23.1. The minimum atomic E-state index is -3.70. The van der Waals surface area contributed by atoms with Crippen molar-refractivity contribution in [2.24, 2.45) is 5.92 Å². The zero-order chi connectivity index (χ0) is 21.7. The number of hydrogen-bond acceptors (Lipinski definition) is 6. The zero-order valence-corrected chi connectivity index (χ0v) is 19.1. The number of fused-ring (bicyclic) bond motifs is 1. The molecular weight excluding hydrogens is 426 g/mol. The number of unbranched alkanes of at least 4 members (excludes halogenated alkanes) is 1. The second-order valence-corrected chi connectivity index (χ2v) is 10.5. The highest BCUT2D eigenvalue weighted by molar-refractivity contribution is 7.99. The van der Waals surface area contributed by atoms with Gasteiger partial charge in [0.2, 0.25) is 21.8 Å². The van der Waals surface area contributed by atoms with E-state index in [0.29, 0.717) is 44.3 Å². The molecule has 0 spiro atoms. The fraction of sp³-hybridized carbons (Fsp3) is 0.600. The number of nitrogens with one attached hydrogen (secondary N) is 1. The molecule has 30 heavy (non-hydrogen) atoms. The van der Waals surface area contributed by atoms with Crippen molar-refractivity contribution in [3.63, 3.8) is 0 Å². The predicted octanol–water partition coefficient (Wildman–Crippen LogP) is 1.70. The van der Waals surface area contributed by atoms with E-state index in [1.807, 2.05) is 13.8 Å². The van der Waals surface area contributed by atoms with E-state index in [4.69, 9.17) is 4.74 Å². The molecule has 2 aliphatic heterocycles. The molecular formula is C20H29N3O5S2. The van der Waals surface area contributed by atoms with Crippen LogP contribution in [-0.2, 0) is 24.3 Å². The van der Waals surface area contributed by atoms with Crippen LogP contribution in [0.25, 0.3) is 0 Å². The summed E-state index contributed by atoms with van der Waals surface area (Å²) < 4.78 is 32.8. The second kappa shape index (κ2) is 10.1. The fourth-order valence-electron chi connectivity index (χ4n) is 3.36. The summed E-state index contributed by atoms with van der Waals surface area (Å²) in [6.07, 6.45) is 1.83. The molecule has 1 fully saturated rings. The van der Waals surface area contributed by atoms with Gasteiger partial charge in [-0.3, -0.25) is 9.59 Å². The Balaban J connectivity index is 1.92. The number of hydrogen-bond donors (Lipinski definition) is 1. The van der Waals surface area contributed by atoms with Gasteiger partial charge in [-0.05, 0) is 24.6 Å². The van der Waals surface area contributed by atoms with Gasteiger partial charge >= 0.3 is 0 Å². The number of morpholine rings is 1. The van der Waals surface area contributed by atoms with Gasteiger partial charge in [0.05, 0.1) is 23.8 Å². The molecule has 1 aromatic carbocycles. The van der Waals surface area contributed by atoms with Crippen molar-refractivity contribution >= 4 is 39.3 Å². The molecule has 1 aromatic rings. The fourth-order valence-corrected chi connectivity index (χ4v) is 5.85. The first-order valence-corrected chi connectivity index (χ1v) is 12.7. The molecule has 0 bridgehead atoms. The van der Waals surface area contributed by atoms with Gasteiger partial charge in [0.1, 0.15) is 6.54 Å². The van der Waals surface area contributed by atoms with Crippen molar-refractivity contribution in [1.82, 2.24) is 9.62 Å². The Kier molecular flexibility index (Phi) is 7.78. The topological polar surface area (TPSA) is 96.0 Å². The lowest BCUT2D eigenvalue weighted by Crippen LogP contribution is -2.43. The van der Waals surface area contributed by atoms with Crippen LogP contribution in [-0.4, -0.2) is 69.7 Å². The van der Waals surface area contributed by atoms with Gasteiger partial charge in [0.25, 0.3) is 0 Å². The van der Waals surface area contributed by atoms with Gasteiger partial charge in [-0.2, -0.15) is 4.31 Å². The van der Waals surface area contributed by atoms with Crippen molar-refractivity contribution in [3.05, 3.63) is 18.2 Å². The van der Waals surface area contributed by atoms with E-state index in [1.165, 1.54) is 27.0 Å². The predicted molar refractivity (Wildman–Crippen MR) is 116 cm³/mol. The van der Waals surface area contributed by atoms with Crippen LogP contribution in [0.1, 0.15) is 26.7 Å². The molecule has 8 nitrogen and oxygen atoms in total. The monoisotopic (exact) mass is 455 g/mol. The maximum atomic E-state index is 13.1. The Morgan fingerprint density at radius 2 is 2.03 bits per heavy atom. The Labute approximate surface area is 182 Å². The van der Waals surface area contributed by atoms with Crippen molar-refractivity contribution in [2.45, 2.75) is 36.5 Å². The van der Waals surface area contributed by atoms with Crippen LogP contribution in [0.4, 0.5) is 5.69 Å². The molecule has 0 radical (unpaired) electrons. The van der Waals surface area contributed by atoms with E-state index in [2.05, 4.69) is 5.32 Å². The van der Waals surface area contributed by atoms with Crippen LogP contribution in [0.3, 0.4) is 0 Å². The third-order valence-corrected chi connectivity index (χ3v) is 8.38. The minimum Gasteiger partial charge on any atom is -0.379 e. The molecule has 10 heteroatoms. The summed E-state index contributed by atoms with van der Waals surface area (Å²) in [5.74, 6) is -0.115. The first-order valence-electron chi connectivity index (χ1n) is 10.3. The number of carbonyl (C=O) groups is 2. The molecule has 0 unspecified atom stereocenters. The molecule has 1 N–H and O–H groups in total. The van der Waals surface area contributed by atoms with Crippen molar-refractivity contribution in [3.8, 4) is 0 Å². The average molecular weight is 456 g/mol. The van der Waals surface area contributed by atoms with E-state index in [-0.39, 0.29) is 29.2 Å². The first-order chi connectivity index (χ1) is 14.3. The van der Waals surface area contributed by atoms with Gasteiger partial charge in [-0.15, -0.1) is 11.8 Å². The minimum absolute atomic E-state index is 0.124.